The summed E-state index contributed by atoms with van der Waals surface area (Å²) in [4.78, 5) is 0. The van der Waals surface area contributed by atoms with Crippen molar-refractivity contribution in [2.75, 3.05) is 7.11 Å². The van der Waals surface area contributed by atoms with Gasteiger partial charge in [-0.25, -0.2) is 4.39 Å². The van der Waals surface area contributed by atoms with Crippen LogP contribution in [-0.4, -0.2) is 23.9 Å². The Balaban J connectivity index is 2.70. The molecule has 3 heteroatoms. The van der Waals surface area contributed by atoms with Crippen LogP contribution in [0.1, 0.15) is 19.4 Å². The zero-order chi connectivity index (χ0) is 11.5. The number of halogens is 1. The number of rotatable bonds is 4. The van der Waals surface area contributed by atoms with E-state index in [2.05, 4.69) is 0 Å². The molecule has 0 fully saturated rings. The van der Waals surface area contributed by atoms with Crippen molar-refractivity contribution < 1.29 is 14.2 Å². The molecule has 0 bridgehead atoms. The third kappa shape index (κ3) is 3.29. The van der Waals surface area contributed by atoms with Gasteiger partial charge in [-0.1, -0.05) is 12.1 Å². The molecule has 0 spiro atoms. The Morgan fingerprint density at radius 3 is 2.67 bits per heavy atom. The number of aliphatic hydroxyl groups excluding tert-OH is 1. The molecule has 0 aromatic heterocycles. The molecule has 1 aromatic carbocycles. The Morgan fingerprint density at radius 1 is 1.47 bits per heavy atom. The normalized spacial score (nSPS) is 13.9. The van der Waals surface area contributed by atoms with Crippen LogP contribution in [0.25, 0.3) is 0 Å². The molecule has 1 atom stereocenters. The van der Waals surface area contributed by atoms with E-state index in [9.17, 15) is 9.50 Å². The molecule has 0 aliphatic carbocycles. The van der Waals surface area contributed by atoms with Gasteiger partial charge in [0.2, 0.25) is 0 Å². The third-order valence-corrected chi connectivity index (χ3v) is 2.65. The van der Waals surface area contributed by atoms with Crippen LogP contribution in [0.3, 0.4) is 0 Å². The number of hydrogen-bond donors (Lipinski definition) is 1. The fourth-order valence-corrected chi connectivity index (χ4v) is 1.27. The minimum Gasteiger partial charge on any atom is -0.390 e. The summed E-state index contributed by atoms with van der Waals surface area (Å²) in [6, 6.07) is 6.24. The van der Waals surface area contributed by atoms with Crippen molar-refractivity contribution in [1.82, 2.24) is 0 Å². The van der Waals surface area contributed by atoms with E-state index in [1.807, 2.05) is 0 Å². The molecule has 0 aliphatic heterocycles. The molecule has 0 saturated heterocycles. The molecule has 1 rings (SSSR count). The summed E-state index contributed by atoms with van der Waals surface area (Å²) >= 11 is 0. The lowest BCUT2D eigenvalue weighted by molar-refractivity contribution is -0.0765. The van der Waals surface area contributed by atoms with E-state index in [1.165, 1.54) is 12.1 Å². The van der Waals surface area contributed by atoms with Gasteiger partial charge >= 0.3 is 0 Å². The van der Waals surface area contributed by atoms with Gasteiger partial charge in [-0.3, -0.25) is 0 Å². The van der Waals surface area contributed by atoms with Crippen LogP contribution in [0.2, 0.25) is 0 Å². The molecule has 0 radical (unpaired) electrons. The maximum Gasteiger partial charge on any atom is 0.123 e. The summed E-state index contributed by atoms with van der Waals surface area (Å²) in [6.07, 6.45) is -0.261. The highest BCUT2D eigenvalue weighted by Gasteiger charge is 2.27. The summed E-state index contributed by atoms with van der Waals surface area (Å²) in [7, 11) is 1.55. The molecular weight excluding hydrogens is 195 g/mol. The molecule has 1 N–H and O–H groups in total. The van der Waals surface area contributed by atoms with Crippen molar-refractivity contribution in [3.8, 4) is 0 Å². The second-order valence-electron chi connectivity index (χ2n) is 4.16. The number of methoxy groups -OCH3 is 1. The first-order chi connectivity index (χ1) is 6.95. The van der Waals surface area contributed by atoms with Gasteiger partial charge in [0.05, 0.1) is 11.7 Å². The Kier molecular flexibility index (Phi) is 3.83. The summed E-state index contributed by atoms with van der Waals surface area (Å²) in [5.74, 6) is -0.282. The Labute approximate surface area is 89.7 Å². The van der Waals surface area contributed by atoms with E-state index in [0.717, 1.165) is 5.56 Å². The minimum atomic E-state index is -0.649. The molecule has 0 amide bonds. The first-order valence-corrected chi connectivity index (χ1v) is 4.93. The van der Waals surface area contributed by atoms with E-state index in [0.29, 0.717) is 6.42 Å². The molecule has 84 valence electrons. The molecule has 1 unspecified atom stereocenters. The molecule has 0 aliphatic rings. The summed E-state index contributed by atoms with van der Waals surface area (Å²) in [6.45, 7) is 3.61. The van der Waals surface area contributed by atoms with E-state index in [-0.39, 0.29) is 5.82 Å². The molecular formula is C12H17FO2. The summed E-state index contributed by atoms with van der Waals surface area (Å²) in [5, 5.41) is 9.87. The second-order valence-corrected chi connectivity index (χ2v) is 4.16. The zero-order valence-corrected chi connectivity index (χ0v) is 9.33. The van der Waals surface area contributed by atoms with Gasteiger partial charge in [-0.15, -0.1) is 0 Å². The third-order valence-electron chi connectivity index (χ3n) is 2.65. The van der Waals surface area contributed by atoms with Gasteiger partial charge in [0.25, 0.3) is 0 Å². The van der Waals surface area contributed by atoms with Gasteiger partial charge in [0.1, 0.15) is 5.82 Å². The molecule has 2 nitrogen and oxygen atoms in total. The highest BCUT2D eigenvalue weighted by molar-refractivity contribution is 5.17. The predicted octanol–water partition coefficient (Wildman–Crippen LogP) is 2.15. The lowest BCUT2D eigenvalue weighted by atomic mass is 9.95. The topological polar surface area (TPSA) is 29.5 Å². The lowest BCUT2D eigenvalue weighted by Crippen LogP contribution is -2.39. The smallest absolute Gasteiger partial charge is 0.123 e. The van der Waals surface area contributed by atoms with Crippen molar-refractivity contribution in [2.24, 2.45) is 0 Å². The number of aliphatic hydroxyl groups is 1. The zero-order valence-electron chi connectivity index (χ0n) is 9.33. The van der Waals surface area contributed by atoms with Crippen LogP contribution in [0.15, 0.2) is 24.3 Å². The van der Waals surface area contributed by atoms with E-state index < -0.39 is 11.7 Å². The van der Waals surface area contributed by atoms with Crippen LogP contribution in [0, 0.1) is 5.82 Å². The Bertz CT molecular complexity index is 323. The molecule has 1 aromatic rings. The van der Waals surface area contributed by atoms with Crippen LogP contribution >= 0.6 is 0 Å². The Morgan fingerprint density at radius 2 is 2.13 bits per heavy atom. The van der Waals surface area contributed by atoms with Gasteiger partial charge in [-0.2, -0.15) is 0 Å². The fraction of sp³-hybridized carbons (Fsp3) is 0.500. The second kappa shape index (κ2) is 4.73. The standard InChI is InChI=1S/C12H17FO2/c1-12(2,15-3)11(14)8-9-5-4-6-10(13)7-9/h4-7,11,14H,8H2,1-3H3. The number of ether oxygens (including phenoxy) is 1. The van der Waals surface area contributed by atoms with Crippen molar-refractivity contribution in [3.63, 3.8) is 0 Å². The largest absolute Gasteiger partial charge is 0.390 e. The average Bonchev–Trinajstić information content (AvgIpc) is 2.17. The van der Waals surface area contributed by atoms with Crippen molar-refractivity contribution in [1.29, 1.82) is 0 Å². The number of hydrogen-bond acceptors (Lipinski definition) is 2. The van der Waals surface area contributed by atoms with Crippen LogP contribution in [0.5, 0.6) is 0 Å². The van der Waals surface area contributed by atoms with E-state index in [4.69, 9.17) is 4.74 Å². The van der Waals surface area contributed by atoms with Crippen molar-refractivity contribution in [2.45, 2.75) is 32.0 Å². The minimum absolute atomic E-state index is 0.282. The number of benzene rings is 1. The monoisotopic (exact) mass is 212 g/mol. The first kappa shape index (κ1) is 12.1. The molecule has 15 heavy (non-hydrogen) atoms. The summed E-state index contributed by atoms with van der Waals surface area (Å²) < 4.78 is 18.0. The van der Waals surface area contributed by atoms with E-state index in [1.54, 1.807) is 33.1 Å². The van der Waals surface area contributed by atoms with Crippen molar-refractivity contribution >= 4 is 0 Å². The average molecular weight is 212 g/mol. The SMILES string of the molecule is COC(C)(C)C(O)Cc1cccc(F)c1. The maximum absolute atomic E-state index is 12.9. The highest BCUT2D eigenvalue weighted by atomic mass is 19.1. The van der Waals surface area contributed by atoms with Gasteiger partial charge in [-0.05, 0) is 31.5 Å². The van der Waals surface area contributed by atoms with Crippen LogP contribution in [-0.2, 0) is 11.2 Å². The van der Waals surface area contributed by atoms with Gasteiger partial charge in [0.15, 0.2) is 0 Å². The van der Waals surface area contributed by atoms with Crippen LogP contribution in [0.4, 0.5) is 4.39 Å². The molecule has 0 saturated carbocycles. The van der Waals surface area contributed by atoms with E-state index >= 15 is 0 Å². The van der Waals surface area contributed by atoms with Crippen LogP contribution < -0.4 is 0 Å². The van der Waals surface area contributed by atoms with Crippen molar-refractivity contribution in [3.05, 3.63) is 35.6 Å². The van der Waals surface area contributed by atoms with Gasteiger partial charge in [0, 0.05) is 13.5 Å². The fourth-order valence-electron chi connectivity index (χ4n) is 1.27. The highest BCUT2D eigenvalue weighted by Crippen LogP contribution is 2.18. The first-order valence-electron chi connectivity index (χ1n) is 4.93. The Hall–Kier alpha value is -0.930. The molecule has 0 heterocycles. The quantitative estimate of drug-likeness (QED) is 0.828. The summed E-state index contributed by atoms with van der Waals surface area (Å²) in [5.41, 5.74) is 0.152. The maximum atomic E-state index is 12.9. The predicted molar refractivity (Wildman–Crippen MR) is 57.2 cm³/mol. The van der Waals surface area contributed by atoms with Gasteiger partial charge < -0.3 is 9.84 Å². The lowest BCUT2D eigenvalue weighted by Gasteiger charge is -2.29.